The second-order valence-corrected chi connectivity index (χ2v) is 6.37. The first-order valence-corrected chi connectivity index (χ1v) is 8.25. The molecule has 3 aromatic rings. The van der Waals surface area contributed by atoms with E-state index in [9.17, 15) is 4.79 Å². The van der Waals surface area contributed by atoms with E-state index in [1.807, 2.05) is 0 Å². The van der Waals surface area contributed by atoms with Crippen molar-refractivity contribution in [3.63, 3.8) is 0 Å². The fourth-order valence-electron chi connectivity index (χ4n) is 1.96. The number of hydrogen-bond acceptors (Lipinski definition) is 5. The van der Waals surface area contributed by atoms with Crippen LogP contribution in [-0.4, -0.2) is 31.1 Å². The maximum atomic E-state index is 12.4. The van der Waals surface area contributed by atoms with Crippen LogP contribution in [0.1, 0.15) is 13.0 Å². The summed E-state index contributed by atoms with van der Waals surface area (Å²) in [4.78, 5) is 17.5. The number of nitrogens with one attached hydrogen (secondary N) is 1. The fourth-order valence-corrected chi connectivity index (χ4v) is 2.58. The van der Waals surface area contributed by atoms with Crippen molar-refractivity contribution < 1.29 is 4.79 Å². The molecule has 25 heavy (non-hydrogen) atoms. The normalized spacial score (nSPS) is 12.0. The topological polar surface area (TPSA) is 85.6 Å². The third-order valence-electron chi connectivity index (χ3n) is 3.29. The molecule has 0 radical (unpaired) electrons. The molecule has 128 valence electrons. The van der Waals surface area contributed by atoms with Crippen LogP contribution in [0.5, 0.6) is 0 Å². The zero-order chi connectivity index (χ0) is 18.0. The zero-order valence-corrected chi connectivity index (χ0v) is 15.1. The number of carbonyl (C=O) groups excluding carboxylic acids is 1. The molecule has 0 bridgehead atoms. The number of pyridine rings is 1. The minimum Gasteiger partial charge on any atom is -0.308 e. The molecule has 2 heterocycles. The summed E-state index contributed by atoms with van der Waals surface area (Å²) in [6.07, 6.45) is 1.39. The predicted octanol–water partition coefficient (Wildman–Crippen LogP) is 3.90. The predicted molar refractivity (Wildman–Crippen MR) is 95.9 cm³/mol. The van der Waals surface area contributed by atoms with Crippen molar-refractivity contribution in [2.24, 2.45) is 0 Å². The molecule has 0 saturated heterocycles. The van der Waals surface area contributed by atoms with E-state index in [-0.39, 0.29) is 10.8 Å². The van der Waals surface area contributed by atoms with Crippen molar-refractivity contribution in [3.05, 3.63) is 51.6 Å². The van der Waals surface area contributed by atoms with E-state index in [0.29, 0.717) is 21.4 Å². The maximum Gasteiger partial charge on any atom is 0.252 e. The van der Waals surface area contributed by atoms with Gasteiger partial charge in [0.15, 0.2) is 5.82 Å². The molecule has 3 rings (SSSR count). The van der Waals surface area contributed by atoms with Gasteiger partial charge in [0.25, 0.3) is 5.91 Å². The molecule has 10 heteroatoms. The number of amides is 1. The van der Waals surface area contributed by atoms with Gasteiger partial charge in [-0.1, -0.05) is 46.9 Å². The molecule has 7 nitrogen and oxygen atoms in total. The lowest BCUT2D eigenvalue weighted by atomic mass is 10.2. The van der Waals surface area contributed by atoms with Crippen LogP contribution in [-0.2, 0) is 4.79 Å². The van der Waals surface area contributed by atoms with Gasteiger partial charge in [0, 0.05) is 16.8 Å². The first-order chi connectivity index (χ1) is 11.9. The molecule has 1 amide bonds. The van der Waals surface area contributed by atoms with Crippen LogP contribution < -0.4 is 5.32 Å². The van der Waals surface area contributed by atoms with Crippen LogP contribution in [0.25, 0.3) is 11.4 Å². The van der Waals surface area contributed by atoms with Crippen LogP contribution in [0.2, 0.25) is 15.1 Å². The van der Waals surface area contributed by atoms with Crippen LogP contribution in [0, 0.1) is 0 Å². The molecular formula is C15H11Cl3N6O. The van der Waals surface area contributed by atoms with Crippen molar-refractivity contribution in [2.45, 2.75) is 13.0 Å². The summed E-state index contributed by atoms with van der Waals surface area (Å²) in [6.45, 7) is 1.63. The van der Waals surface area contributed by atoms with E-state index >= 15 is 0 Å². The van der Waals surface area contributed by atoms with E-state index < -0.39 is 11.9 Å². The monoisotopic (exact) mass is 396 g/mol. The Morgan fingerprint density at radius 3 is 2.72 bits per heavy atom. The molecule has 1 atom stereocenters. The average Bonchev–Trinajstić information content (AvgIpc) is 3.06. The number of rotatable bonds is 4. The Bertz CT molecular complexity index is 929. The van der Waals surface area contributed by atoms with Crippen LogP contribution >= 0.6 is 34.8 Å². The summed E-state index contributed by atoms with van der Waals surface area (Å²) in [5, 5.41) is 15.9. The summed E-state index contributed by atoms with van der Waals surface area (Å²) >= 11 is 17.7. The Balaban J connectivity index is 1.76. The first kappa shape index (κ1) is 17.6. The van der Waals surface area contributed by atoms with Gasteiger partial charge in [-0.2, -0.15) is 4.80 Å². The number of anilines is 1. The van der Waals surface area contributed by atoms with E-state index in [1.54, 1.807) is 31.2 Å². The van der Waals surface area contributed by atoms with Crippen LogP contribution in [0.15, 0.2) is 36.5 Å². The Kier molecular flexibility index (Phi) is 5.17. The van der Waals surface area contributed by atoms with Gasteiger partial charge < -0.3 is 5.32 Å². The van der Waals surface area contributed by atoms with Gasteiger partial charge in [0.05, 0.1) is 10.0 Å². The molecule has 1 aromatic carbocycles. The Morgan fingerprint density at radius 2 is 2.00 bits per heavy atom. The summed E-state index contributed by atoms with van der Waals surface area (Å²) in [7, 11) is 0. The van der Waals surface area contributed by atoms with E-state index in [4.69, 9.17) is 34.8 Å². The highest BCUT2D eigenvalue weighted by molar-refractivity contribution is 6.36. The van der Waals surface area contributed by atoms with Gasteiger partial charge in [-0.05, 0) is 30.3 Å². The molecule has 1 unspecified atom stereocenters. The highest BCUT2D eigenvalue weighted by atomic mass is 35.5. The van der Waals surface area contributed by atoms with E-state index in [1.165, 1.54) is 17.1 Å². The maximum absolute atomic E-state index is 12.4. The molecular weight excluding hydrogens is 387 g/mol. The van der Waals surface area contributed by atoms with E-state index in [0.717, 1.165) is 0 Å². The molecule has 1 N–H and O–H groups in total. The number of halogens is 3. The zero-order valence-electron chi connectivity index (χ0n) is 12.8. The fraction of sp³-hybridized carbons (Fsp3) is 0.133. The molecule has 0 aliphatic carbocycles. The van der Waals surface area contributed by atoms with Crippen molar-refractivity contribution in [1.29, 1.82) is 0 Å². The number of tetrazole rings is 1. The summed E-state index contributed by atoms with van der Waals surface area (Å²) in [5.41, 5.74) is 0.703. The Labute approximate surface area is 157 Å². The Morgan fingerprint density at radius 1 is 1.20 bits per heavy atom. The number of aromatic nitrogens is 5. The smallest absolute Gasteiger partial charge is 0.252 e. The SMILES string of the molecule is CC(C(=O)Nc1ncc(Cl)cc1Cl)n1nnc(-c2cccc(Cl)c2)n1. The highest BCUT2D eigenvalue weighted by Gasteiger charge is 2.20. The average molecular weight is 398 g/mol. The molecule has 2 aromatic heterocycles. The molecule has 0 fully saturated rings. The third kappa shape index (κ3) is 4.07. The molecule has 0 saturated carbocycles. The minimum absolute atomic E-state index is 0.207. The largest absolute Gasteiger partial charge is 0.308 e. The quantitative estimate of drug-likeness (QED) is 0.721. The molecule has 0 aliphatic rings. The lowest BCUT2D eigenvalue weighted by Crippen LogP contribution is -2.26. The van der Waals surface area contributed by atoms with Gasteiger partial charge >= 0.3 is 0 Å². The van der Waals surface area contributed by atoms with Crippen LogP contribution in [0.4, 0.5) is 5.82 Å². The standard InChI is InChI=1S/C15H11Cl3N6O/c1-8(15(25)20-14-12(18)6-11(17)7-19-14)24-22-13(21-23-24)9-3-2-4-10(16)5-9/h2-8H,1H3,(H,19,20,25). The first-order valence-electron chi connectivity index (χ1n) is 7.11. The minimum atomic E-state index is -0.728. The number of carbonyl (C=O) groups is 1. The van der Waals surface area contributed by atoms with Crippen molar-refractivity contribution in [1.82, 2.24) is 25.2 Å². The second kappa shape index (κ2) is 7.35. The van der Waals surface area contributed by atoms with E-state index in [2.05, 4.69) is 25.7 Å². The van der Waals surface area contributed by atoms with Gasteiger partial charge in [-0.3, -0.25) is 4.79 Å². The van der Waals surface area contributed by atoms with Gasteiger partial charge in [-0.25, -0.2) is 4.98 Å². The highest BCUT2D eigenvalue weighted by Crippen LogP contribution is 2.23. The lowest BCUT2D eigenvalue weighted by molar-refractivity contribution is -0.119. The number of nitrogens with zero attached hydrogens (tertiary/aromatic N) is 5. The second-order valence-electron chi connectivity index (χ2n) is 5.09. The van der Waals surface area contributed by atoms with Gasteiger partial charge in [0.1, 0.15) is 6.04 Å². The van der Waals surface area contributed by atoms with Crippen molar-refractivity contribution in [3.8, 4) is 11.4 Å². The Hall–Kier alpha value is -2.22. The molecule has 0 aliphatic heterocycles. The van der Waals surface area contributed by atoms with Crippen molar-refractivity contribution in [2.75, 3.05) is 5.32 Å². The lowest BCUT2D eigenvalue weighted by Gasteiger charge is -2.11. The van der Waals surface area contributed by atoms with Gasteiger partial charge in [-0.15, -0.1) is 10.2 Å². The number of hydrogen-bond donors (Lipinski definition) is 1. The molecule has 0 spiro atoms. The summed E-state index contributed by atoms with van der Waals surface area (Å²) in [6, 6.07) is 7.80. The van der Waals surface area contributed by atoms with Crippen molar-refractivity contribution >= 4 is 46.5 Å². The third-order valence-corrected chi connectivity index (χ3v) is 4.02. The number of benzene rings is 1. The van der Waals surface area contributed by atoms with Gasteiger partial charge in [0.2, 0.25) is 5.82 Å². The summed E-state index contributed by atoms with van der Waals surface area (Å²) < 4.78 is 0. The van der Waals surface area contributed by atoms with Crippen LogP contribution in [0.3, 0.4) is 0 Å². The summed E-state index contributed by atoms with van der Waals surface area (Å²) in [5.74, 6) is 0.176.